The number of benzene rings is 1. The molecule has 0 saturated carbocycles. The average Bonchev–Trinajstić information content (AvgIpc) is 2.54. The van der Waals surface area contributed by atoms with Crippen molar-refractivity contribution in [3.63, 3.8) is 0 Å². The van der Waals surface area contributed by atoms with E-state index in [1.807, 2.05) is 30.3 Å². The van der Waals surface area contributed by atoms with Crippen LogP contribution in [0, 0.1) is 0 Å². The third kappa shape index (κ3) is 2.55. The lowest BCUT2D eigenvalue weighted by Gasteiger charge is -2.09. The predicted octanol–water partition coefficient (Wildman–Crippen LogP) is 2.85. The second kappa shape index (κ2) is 5.85. The number of aromatic nitrogens is 3. The molecule has 0 bridgehead atoms. The second-order valence-electron chi connectivity index (χ2n) is 4.54. The Hall–Kier alpha value is -2.53. The highest BCUT2D eigenvalue weighted by Gasteiger charge is 2.10. The largest absolute Gasteiger partial charge is 0.494 e. The van der Waals surface area contributed by atoms with E-state index in [0.717, 1.165) is 33.6 Å². The molecule has 0 radical (unpaired) electrons. The monoisotopic (exact) mass is 281 g/mol. The van der Waals surface area contributed by atoms with E-state index in [-0.39, 0.29) is 0 Å². The minimum atomic E-state index is 0.460. The van der Waals surface area contributed by atoms with Gasteiger partial charge in [0.05, 0.1) is 25.1 Å². The number of rotatable bonds is 4. The summed E-state index contributed by atoms with van der Waals surface area (Å²) in [5, 5.41) is 0.999. The normalized spacial score (nSPS) is 10.8. The first-order chi connectivity index (χ1) is 10.3. The summed E-state index contributed by atoms with van der Waals surface area (Å²) in [6, 6.07) is 9.74. The van der Waals surface area contributed by atoms with Crippen LogP contribution in [0.15, 0.2) is 42.9 Å². The fourth-order valence-corrected chi connectivity index (χ4v) is 2.31. The van der Waals surface area contributed by atoms with Gasteiger partial charge in [-0.1, -0.05) is 6.07 Å². The SMILES string of the molecule is COCc1cc(-c2ccc(OC)c3ncccc23)ncn1. The standard InChI is InChI=1S/C16H15N3O2/c1-20-9-11-8-14(19-10-18-11)12-5-6-15(21-2)16-13(12)4-3-7-17-16/h3-8,10H,9H2,1-2H3. The highest BCUT2D eigenvalue weighted by Crippen LogP contribution is 2.32. The minimum Gasteiger partial charge on any atom is -0.494 e. The van der Waals surface area contributed by atoms with Gasteiger partial charge in [-0.3, -0.25) is 4.98 Å². The van der Waals surface area contributed by atoms with Crippen molar-refractivity contribution in [2.24, 2.45) is 0 Å². The first-order valence-corrected chi connectivity index (χ1v) is 6.55. The van der Waals surface area contributed by atoms with Gasteiger partial charge < -0.3 is 9.47 Å². The Bertz CT molecular complexity index is 774. The van der Waals surface area contributed by atoms with E-state index < -0.39 is 0 Å². The lowest BCUT2D eigenvalue weighted by molar-refractivity contribution is 0.181. The number of nitrogens with zero attached hydrogens (tertiary/aromatic N) is 3. The van der Waals surface area contributed by atoms with Crippen molar-refractivity contribution in [1.29, 1.82) is 0 Å². The first kappa shape index (κ1) is 13.5. The second-order valence-corrected chi connectivity index (χ2v) is 4.54. The summed E-state index contributed by atoms with van der Waals surface area (Å²) in [5.74, 6) is 0.750. The van der Waals surface area contributed by atoms with Gasteiger partial charge in [0.1, 0.15) is 17.6 Å². The number of hydrogen-bond acceptors (Lipinski definition) is 5. The quantitative estimate of drug-likeness (QED) is 0.736. The first-order valence-electron chi connectivity index (χ1n) is 6.55. The zero-order chi connectivity index (χ0) is 14.7. The Morgan fingerprint density at radius 1 is 1.05 bits per heavy atom. The maximum Gasteiger partial charge on any atom is 0.145 e. The predicted molar refractivity (Wildman–Crippen MR) is 80.0 cm³/mol. The van der Waals surface area contributed by atoms with Gasteiger partial charge in [0.25, 0.3) is 0 Å². The van der Waals surface area contributed by atoms with Crippen LogP contribution in [0.3, 0.4) is 0 Å². The van der Waals surface area contributed by atoms with Crippen molar-refractivity contribution in [2.45, 2.75) is 6.61 Å². The van der Waals surface area contributed by atoms with Crippen molar-refractivity contribution >= 4 is 10.9 Å². The van der Waals surface area contributed by atoms with Crippen LogP contribution in [0.5, 0.6) is 5.75 Å². The number of pyridine rings is 1. The van der Waals surface area contributed by atoms with Gasteiger partial charge in [0.2, 0.25) is 0 Å². The van der Waals surface area contributed by atoms with Crippen molar-refractivity contribution in [2.75, 3.05) is 14.2 Å². The Morgan fingerprint density at radius 3 is 2.76 bits per heavy atom. The lowest BCUT2D eigenvalue weighted by atomic mass is 10.0. The van der Waals surface area contributed by atoms with E-state index in [9.17, 15) is 0 Å². The molecular weight excluding hydrogens is 266 g/mol. The Labute approximate surface area is 122 Å². The van der Waals surface area contributed by atoms with Crippen molar-refractivity contribution in [1.82, 2.24) is 15.0 Å². The molecule has 0 amide bonds. The van der Waals surface area contributed by atoms with Crippen molar-refractivity contribution in [3.8, 4) is 17.0 Å². The van der Waals surface area contributed by atoms with Crippen LogP contribution in [0.1, 0.15) is 5.69 Å². The fraction of sp³-hybridized carbons (Fsp3) is 0.188. The molecule has 0 saturated heterocycles. The van der Waals surface area contributed by atoms with Gasteiger partial charge in [-0.05, 0) is 24.3 Å². The van der Waals surface area contributed by atoms with E-state index in [1.54, 1.807) is 26.7 Å². The molecule has 2 heterocycles. The molecule has 0 aliphatic rings. The van der Waals surface area contributed by atoms with Crippen LogP contribution in [-0.2, 0) is 11.3 Å². The van der Waals surface area contributed by atoms with E-state index in [1.165, 1.54) is 0 Å². The van der Waals surface area contributed by atoms with Gasteiger partial charge in [0.15, 0.2) is 0 Å². The molecule has 106 valence electrons. The van der Waals surface area contributed by atoms with Crippen LogP contribution in [-0.4, -0.2) is 29.2 Å². The maximum absolute atomic E-state index is 5.37. The van der Waals surface area contributed by atoms with Gasteiger partial charge in [0, 0.05) is 24.3 Å². The molecule has 5 heteroatoms. The smallest absolute Gasteiger partial charge is 0.145 e. The molecule has 1 aromatic carbocycles. The summed E-state index contributed by atoms with van der Waals surface area (Å²) >= 11 is 0. The Kier molecular flexibility index (Phi) is 3.75. The molecule has 0 fully saturated rings. The molecule has 5 nitrogen and oxygen atoms in total. The molecule has 0 unspecified atom stereocenters. The zero-order valence-electron chi connectivity index (χ0n) is 11.9. The number of ether oxygens (including phenoxy) is 2. The number of fused-ring (bicyclic) bond motifs is 1. The summed E-state index contributed by atoms with van der Waals surface area (Å²) in [5.41, 5.74) is 3.51. The van der Waals surface area contributed by atoms with Crippen molar-refractivity contribution < 1.29 is 9.47 Å². The average molecular weight is 281 g/mol. The van der Waals surface area contributed by atoms with Gasteiger partial charge in [-0.2, -0.15) is 0 Å². The van der Waals surface area contributed by atoms with E-state index in [2.05, 4.69) is 15.0 Å². The number of hydrogen-bond donors (Lipinski definition) is 0. The third-order valence-electron chi connectivity index (χ3n) is 3.24. The zero-order valence-corrected chi connectivity index (χ0v) is 11.9. The van der Waals surface area contributed by atoms with Gasteiger partial charge in [-0.25, -0.2) is 9.97 Å². The Morgan fingerprint density at radius 2 is 1.95 bits per heavy atom. The molecule has 3 rings (SSSR count). The lowest BCUT2D eigenvalue weighted by Crippen LogP contribution is -1.96. The maximum atomic E-state index is 5.37. The molecule has 0 atom stereocenters. The topological polar surface area (TPSA) is 57.1 Å². The molecule has 2 aromatic heterocycles. The third-order valence-corrected chi connectivity index (χ3v) is 3.24. The Balaban J connectivity index is 2.19. The van der Waals surface area contributed by atoms with E-state index in [4.69, 9.17) is 9.47 Å². The molecule has 0 N–H and O–H groups in total. The molecule has 0 aliphatic heterocycles. The van der Waals surface area contributed by atoms with E-state index in [0.29, 0.717) is 6.61 Å². The van der Waals surface area contributed by atoms with E-state index >= 15 is 0 Å². The molecular formula is C16H15N3O2. The highest BCUT2D eigenvalue weighted by molar-refractivity contribution is 5.96. The van der Waals surface area contributed by atoms with Crippen LogP contribution in [0.2, 0.25) is 0 Å². The summed E-state index contributed by atoms with van der Waals surface area (Å²) in [6.07, 6.45) is 3.31. The summed E-state index contributed by atoms with van der Waals surface area (Å²) in [4.78, 5) is 13.0. The van der Waals surface area contributed by atoms with Crippen LogP contribution >= 0.6 is 0 Å². The summed E-state index contributed by atoms with van der Waals surface area (Å²) in [7, 11) is 3.29. The summed E-state index contributed by atoms with van der Waals surface area (Å²) < 4.78 is 10.5. The molecule has 3 aromatic rings. The molecule has 0 aliphatic carbocycles. The van der Waals surface area contributed by atoms with Crippen LogP contribution in [0.25, 0.3) is 22.2 Å². The number of methoxy groups -OCH3 is 2. The molecule has 0 spiro atoms. The van der Waals surface area contributed by atoms with Gasteiger partial charge >= 0.3 is 0 Å². The van der Waals surface area contributed by atoms with Crippen LogP contribution < -0.4 is 4.74 Å². The van der Waals surface area contributed by atoms with Crippen LogP contribution in [0.4, 0.5) is 0 Å². The summed E-state index contributed by atoms with van der Waals surface area (Å²) in [6.45, 7) is 0.460. The fourth-order valence-electron chi connectivity index (χ4n) is 2.31. The molecule has 21 heavy (non-hydrogen) atoms. The highest BCUT2D eigenvalue weighted by atomic mass is 16.5. The van der Waals surface area contributed by atoms with Gasteiger partial charge in [-0.15, -0.1) is 0 Å². The minimum absolute atomic E-state index is 0.460. The van der Waals surface area contributed by atoms with Crippen molar-refractivity contribution in [3.05, 3.63) is 48.5 Å².